The molecule has 0 N–H and O–H groups in total. The summed E-state index contributed by atoms with van der Waals surface area (Å²) in [7, 11) is -4.03. The molecule has 0 saturated carbocycles. The molecule has 168 valence electrons. The fraction of sp³-hybridized carbons (Fsp3) is 0.136. The summed E-state index contributed by atoms with van der Waals surface area (Å²) in [5.74, 6) is -0.589. The van der Waals surface area contributed by atoms with Gasteiger partial charge in [0, 0.05) is 29.8 Å². The SMILES string of the molecule is CCn1cc2nc(Cl)nc(-c3cn(S(=O)(=O)c4ccc(C)cc4)c4cc(F)c(Br)cc34)c2n1. The molecule has 7 nitrogen and oxygen atoms in total. The predicted octanol–water partition coefficient (Wildman–Crippen LogP) is 5.57. The van der Waals surface area contributed by atoms with Crippen molar-refractivity contribution in [2.45, 2.75) is 25.3 Å². The zero-order chi connectivity index (χ0) is 23.5. The van der Waals surface area contributed by atoms with Crippen molar-refractivity contribution in [3.05, 3.63) is 69.9 Å². The average molecular weight is 549 g/mol. The predicted molar refractivity (Wildman–Crippen MR) is 128 cm³/mol. The van der Waals surface area contributed by atoms with Gasteiger partial charge in [0.2, 0.25) is 5.28 Å². The van der Waals surface area contributed by atoms with Crippen molar-refractivity contribution < 1.29 is 12.8 Å². The average Bonchev–Trinajstić information content (AvgIpc) is 3.35. The van der Waals surface area contributed by atoms with Crippen molar-refractivity contribution in [3.8, 4) is 11.3 Å². The molecule has 0 spiro atoms. The van der Waals surface area contributed by atoms with E-state index >= 15 is 0 Å². The number of hydrogen-bond donors (Lipinski definition) is 0. The molecular formula is C22H16BrClFN5O2S. The first-order valence-electron chi connectivity index (χ1n) is 9.92. The number of aromatic nitrogens is 5. The quantitative estimate of drug-likeness (QED) is 0.274. The van der Waals surface area contributed by atoms with E-state index in [1.807, 2.05) is 13.8 Å². The Morgan fingerprint density at radius 2 is 1.85 bits per heavy atom. The molecule has 0 bridgehead atoms. The molecule has 0 saturated heterocycles. The Bertz CT molecular complexity index is 1660. The molecule has 3 heterocycles. The lowest BCUT2D eigenvalue weighted by atomic mass is 10.1. The molecule has 11 heteroatoms. The molecule has 0 atom stereocenters. The first kappa shape index (κ1) is 22.0. The molecule has 5 rings (SSSR count). The van der Waals surface area contributed by atoms with E-state index in [1.165, 1.54) is 30.5 Å². The molecule has 0 radical (unpaired) electrons. The number of halogens is 3. The second kappa shape index (κ2) is 7.89. The third-order valence-electron chi connectivity index (χ3n) is 5.35. The van der Waals surface area contributed by atoms with Gasteiger partial charge in [0.25, 0.3) is 10.0 Å². The van der Waals surface area contributed by atoms with E-state index < -0.39 is 15.8 Å². The van der Waals surface area contributed by atoms with Gasteiger partial charge >= 0.3 is 0 Å². The first-order chi connectivity index (χ1) is 15.7. The highest BCUT2D eigenvalue weighted by Crippen LogP contribution is 2.37. The number of hydrogen-bond acceptors (Lipinski definition) is 5. The van der Waals surface area contributed by atoms with Crippen molar-refractivity contribution in [2.75, 3.05) is 0 Å². The molecule has 33 heavy (non-hydrogen) atoms. The van der Waals surface area contributed by atoms with Crippen molar-refractivity contribution in [2.24, 2.45) is 0 Å². The maximum atomic E-state index is 14.5. The van der Waals surface area contributed by atoms with Crippen LogP contribution >= 0.6 is 27.5 Å². The van der Waals surface area contributed by atoms with Gasteiger partial charge in [-0.1, -0.05) is 17.7 Å². The Morgan fingerprint density at radius 1 is 1.12 bits per heavy atom. The number of nitrogens with zero attached hydrogens (tertiary/aromatic N) is 5. The van der Waals surface area contributed by atoms with Crippen LogP contribution in [-0.4, -0.2) is 32.1 Å². The van der Waals surface area contributed by atoms with E-state index in [9.17, 15) is 12.8 Å². The van der Waals surface area contributed by atoms with Crippen molar-refractivity contribution in [1.29, 1.82) is 0 Å². The summed E-state index contributed by atoms with van der Waals surface area (Å²) in [5, 5.41) is 4.99. The van der Waals surface area contributed by atoms with Gasteiger partial charge in [-0.25, -0.2) is 26.7 Å². The minimum atomic E-state index is -4.03. The third-order valence-corrected chi connectivity index (χ3v) is 7.82. The van der Waals surface area contributed by atoms with Gasteiger partial charge < -0.3 is 0 Å². The van der Waals surface area contributed by atoms with Gasteiger partial charge in [-0.3, -0.25) is 4.68 Å². The number of fused-ring (bicyclic) bond motifs is 2. The molecule has 0 fully saturated rings. The van der Waals surface area contributed by atoms with Crippen LogP contribution in [0.4, 0.5) is 4.39 Å². The second-order valence-electron chi connectivity index (χ2n) is 7.50. The van der Waals surface area contributed by atoms with E-state index in [1.54, 1.807) is 23.0 Å². The number of aryl methyl sites for hydroxylation is 2. The highest BCUT2D eigenvalue weighted by molar-refractivity contribution is 9.10. The zero-order valence-electron chi connectivity index (χ0n) is 17.4. The van der Waals surface area contributed by atoms with Crippen LogP contribution in [0.1, 0.15) is 12.5 Å². The molecular weight excluding hydrogens is 533 g/mol. The monoisotopic (exact) mass is 547 g/mol. The summed E-state index contributed by atoms with van der Waals surface area (Å²) in [6.07, 6.45) is 3.17. The Kier molecular flexibility index (Phi) is 5.26. The van der Waals surface area contributed by atoms with Crippen molar-refractivity contribution in [1.82, 2.24) is 23.7 Å². The fourth-order valence-electron chi connectivity index (χ4n) is 3.68. The summed E-state index contributed by atoms with van der Waals surface area (Å²) >= 11 is 9.39. The Balaban J connectivity index is 1.86. The summed E-state index contributed by atoms with van der Waals surface area (Å²) < 4.78 is 44.5. The van der Waals surface area contributed by atoms with Gasteiger partial charge in [0.05, 0.1) is 21.1 Å². The van der Waals surface area contributed by atoms with Gasteiger partial charge in [-0.05, 0) is 59.6 Å². The van der Waals surface area contributed by atoms with E-state index in [4.69, 9.17) is 11.6 Å². The summed E-state index contributed by atoms with van der Waals surface area (Å²) in [4.78, 5) is 8.68. The molecule has 0 unspecified atom stereocenters. The van der Waals surface area contributed by atoms with Crippen molar-refractivity contribution in [3.63, 3.8) is 0 Å². The largest absolute Gasteiger partial charge is 0.270 e. The molecule has 3 aromatic heterocycles. The van der Waals surface area contributed by atoms with Crippen LogP contribution in [0, 0.1) is 12.7 Å². The highest BCUT2D eigenvalue weighted by Gasteiger charge is 2.25. The molecule has 0 aliphatic heterocycles. The van der Waals surface area contributed by atoms with E-state index in [0.29, 0.717) is 34.2 Å². The van der Waals surface area contributed by atoms with Crippen LogP contribution in [-0.2, 0) is 16.6 Å². The molecule has 0 amide bonds. The van der Waals surface area contributed by atoms with Crippen molar-refractivity contribution >= 4 is 59.5 Å². The normalized spacial score (nSPS) is 12.2. The number of benzene rings is 2. The van der Waals surface area contributed by atoms with E-state index in [2.05, 4.69) is 31.0 Å². The van der Waals surface area contributed by atoms with E-state index in [0.717, 1.165) is 9.54 Å². The van der Waals surface area contributed by atoms with Gasteiger partial charge in [-0.15, -0.1) is 0 Å². The highest BCUT2D eigenvalue weighted by atomic mass is 79.9. The van der Waals surface area contributed by atoms with Gasteiger partial charge in [0.15, 0.2) is 0 Å². The Hall–Kier alpha value is -2.82. The van der Waals surface area contributed by atoms with E-state index in [-0.39, 0.29) is 20.2 Å². The third kappa shape index (κ3) is 3.62. The number of rotatable bonds is 4. The molecule has 0 aliphatic carbocycles. The van der Waals surface area contributed by atoms with Gasteiger partial charge in [0.1, 0.15) is 22.5 Å². The van der Waals surface area contributed by atoms with Crippen LogP contribution in [0.2, 0.25) is 5.28 Å². The lowest BCUT2D eigenvalue weighted by molar-refractivity contribution is 0.589. The Morgan fingerprint density at radius 3 is 2.55 bits per heavy atom. The first-order valence-corrected chi connectivity index (χ1v) is 12.5. The smallest absolute Gasteiger partial charge is 0.268 e. The lowest BCUT2D eigenvalue weighted by Crippen LogP contribution is -2.12. The molecule has 0 aliphatic rings. The topological polar surface area (TPSA) is 82.7 Å². The molecule has 2 aromatic carbocycles. The zero-order valence-corrected chi connectivity index (χ0v) is 20.6. The van der Waals surface area contributed by atoms with Crippen LogP contribution < -0.4 is 0 Å². The maximum Gasteiger partial charge on any atom is 0.268 e. The summed E-state index contributed by atoms with van der Waals surface area (Å²) in [5.41, 5.74) is 2.88. The minimum Gasteiger partial charge on any atom is -0.270 e. The lowest BCUT2D eigenvalue weighted by Gasteiger charge is -2.08. The maximum absolute atomic E-state index is 14.5. The summed E-state index contributed by atoms with van der Waals surface area (Å²) in [6, 6.07) is 9.17. The van der Waals surface area contributed by atoms with Crippen LogP contribution in [0.3, 0.4) is 0 Å². The van der Waals surface area contributed by atoms with Crippen LogP contribution in [0.15, 0.2) is 58.2 Å². The fourth-order valence-corrected chi connectivity index (χ4v) is 5.56. The van der Waals surface area contributed by atoms with Gasteiger partial charge in [-0.2, -0.15) is 5.10 Å². The standard InChI is InChI=1S/C22H16BrClFN5O2S/c1-3-29-11-18-21(28-29)20(27-22(24)26-18)15-10-30(19-9-17(25)16(23)8-14(15)19)33(31,32)13-6-4-12(2)5-7-13/h4-11H,3H2,1-2H3. The van der Waals surface area contributed by atoms with Crippen LogP contribution in [0.25, 0.3) is 33.2 Å². The van der Waals surface area contributed by atoms with Crippen LogP contribution in [0.5, 0.6) is 0 Å². The summed E-state index contributed by atoms with van der Waals surface area (Å²) in [6.45, 7) is 4.40. The minimum absolute atomic E-state index is 0.00313. The molecule has 5 aromatic rings. The second-order valence-corrected chi connectivity index (χ2v) is 10.5. The Labute approximate surface area is 202 Å².